The van der Waals surface area contributed by atoms with Crippen LogP contribution in [0.25, 0.3) is 11.4 Å². The summed E-state index contributed by atoms with van der Waals surface area (Å²) in [5, 5.41) is 3.03. The van der Waals surface area contributed by atoms with Crippen LogP contribution in [-0.4, -0.2) is 35.1 Å². The number of anilines is 2. The van der Waals surface area contributed by atoms with Gasteiger partial charge in [-0.3, -0.25) is 0 Å². The van der Waals surface area contributed by atoms with E-state index in [1.807, 2.05) is 31.3 Å². The highest BCUT2D eigenvalue weighted by Gasteiger charge is 2.16. The second-order valence-electron chi connectivity index (χ2n) is 5.09. The van der Waals surface area contributed by atoms with Gasteiger partial charge in [0.15, 0.2) is 5.82 Å². The Bertz CT molecular complexity index is 608. The summed E-state index contributed by atoms with van der Waals surface area (Å²) in [6.07, 6.45) is 3.70. The Labute approximate surface area is 133 Å². The molecule has 0 saturated carbocycles. The first kappa shape index (κ1) is 14.3. The second kappa shape index (κ2) is 6.39. The average molecular weight is 348 g/mol. The van der Waals surface area contributed by atoms with E-state index in [1.165, 1.54) is 19.3 Å². The van der Waals surface area contributed by atoms with E-state index in [2.05, 4.69) is 41.1 Å². The smallest absolute Gasteiger partial charge is 0.230 e. The first-order valence-corrected chi connectivity index (χ1v) is 8.00. The van der Waals surface area contributed by atoms with Crippen LogP contribution >= 0.6 is 15.9 Å². The molecule has 2 aromatic rings. The molecule has 1 aliphatic heterocycles. The molecule has 2 heterocycles. The molecule has 1 aliphatic rings. The van der Waals surface area contributed by atoms with Crippen LogP contribution in [-0.2, 0) is 0 Å². The molecule has 0 amide bonds. The number of benzene rings is 1. The molecule has 1 N–H and O–H groups in total. The minimum atomic E-state index is 0.614. The van der Waals surface area contributed by atoms with Gasteiger partial charge >= 0.3 is 0 Å². The Morgan fingerprint density at radius 1 is 1.00 bits per heavy atom. The number of aromatic nitrogens is 3. The van der Waals surface area contributed by atoms with Crippen molar-refractivity contribution in [3.8, 4) is 11.4 Å². The van der Waals surface area contributed by atoms with Gasteiger partial charge in [0.2, 0.25) is 11.9 Å². The zero-order chi connectivity index (χ0) is 14.7. The number of halogens is 1. The van der Waals surface area contributed by atoms with Gasteiger partial charge in [-0.1, -0.05) is 28.1 Å². The summed E-state index contributed by atoms with van der Waals surface area (Å²) in [7, 11) is 1.83. The topological polar surface area (TPSA) is 53.9 Å². The summed E-state index contributed by atoms with van der Waals surface area (Å²) in [6.45, 7) is 2.04. The highest BCUT2D eigenvalue weighted by atomic mass is 79.9. The van der Waals surface area contributed by atoms with E-state index in [0.717, 1.165) is 29.1 Å². The lowest BCUT2D eigenvalue weighted by atomic mass is 10.1. The summed E-state index contributed by atoms with van der Waals surface area (Å²) in [4.78, 5) is 15.9. The summed E-state index contributed by atoms with van der Waals surface area (Å²) in [5.41, 5.74) is 0.996. The minimum absolute atomic E-state index is 0.614. The largest absolute Gasteiger partial charge is 0.357 e. The molecule has 1 aromatic carbocycles. The Morgan fingerprint density at radius 3 is 2.38 bits per heavy atom. The lowest BCUT2D eigenvalue weighted by molar-refractivity contribution is 0.568. The van der Waals surface area contributed by atoms with Crippen LogP contribution in [0.4, 0.5) is 11.9 Å². The van der Waals surface area contributed by atoms with Crippen LogP contribution in [0.5, 0.6) is 0 Å². The molecule has 3 rings (SSSR count). The van der Waals surface area contributed by atoms with Crippen molar-refractivity contribution in [1.82, 2.24) is 15.0 Å². The molecule has 21 heavy (non-hydrogen) atoms. The number of hydrogen-bond acceptors (Lipinski definition) is 5. The molecule has 0 unspecified atom stereocenters. The van der Waals surface area contributed by atoms with Gasteiger partial charge in [-0.25, -0.2) is 0 Å². The summed E-state index contributed by atoms with van der Waals surface area (Å²) in [5.74, 6) is 2.10. The minimum Gasteiger partial charge on any atom is -0.357 e. The van der Waals surface area contributed by atoms with Crippen LogP contribution in [0.3, 0.4) is 0 Å². The standard InChI is InChI=1S/C15H18BrN5/c1-17-14-18-13(11-5-7-12(16)8-6-11)19-15(20-14)21-9-3-2-4-10-21/h5-8H,2-4,9-10H2,1H3,(H,17,18,19,20). The van der Waals surface area contributed by atoms with E-state index in [0.29, 0.717) is 11.8 Å². The maximum absolute atomic E-state index is 4.65. The number of rotatable bonds is 3. The zero-order valence-electron chi connectivity index (χ0n) is 12.0. The molecule has 110 valence electrons. The molecule has 6 heteroatoms. The van der Waals surface area contributed by atoms with Gasteiger partial charge in [0.25, 0.3) is 0 Å². The molecule has 1 fully saturated rings. The Morgan fingerprint density at radius 2 is 1.71 bits per heavy atom. The van der Waals surface area contributed by atoms with Gasteiger partial charge in [-0.15, -0.1) is 0 Å². The third-order valence-corrected chi connectivity index (χ3v) is 4.12. The normalized spacial score (nSPS) is 15.0. The van der Waals surface area contributed by atoms with E-state index in [1.54, 1.807) is 0 Å². The fourth-order valence-electron chi connectivity index (χ4n) is 2.44. The SMILES string of the molecule is CNc1nc(-c2ccc(Br)cc2)nc(N2CCCCC2)n1. The average Bonchev–Trinajstić information content (AvgIpc) is 2.56. The Hall–Kier alpha value is -1.69. The maximum Gasteiger partial charge on any atom is 0.230 e. The third kappa shape index (κ3) is 3.32. The second-order valence-corrected chi connectivity index (χ2v) is 6.00. The molecular weight excluding hydrogens is 330 g/mol. The van der Waals surface area contributed by atoms with Gasteiger partial charge in [0.05, 0.1) is 0 Å². The van der Waals surface area contributed by atoms with Crippen molar-refractivity contribution in [1.29, 1.82) is 0 Å². The lowest BCUT2D eigenvalue weighted by Crippen LogP contribution is -2.31. The van der Waals surface area contributed by atoms with Gasteiger partial charge in [-0.05, 0) is 31.4 Å². The lowest BCUT2D eigenvalue weighted by Gasteiger charge is -2.26. The van der Waals surface area contributed by atoms with Gasteiger partial charge in [0.1, 0.15) is 0 Å². The van der Waals surface area contributed by atoms with E-state index in [4.69, 9.17) is 0 Å². The van der Waals surface area contributed by atoms with Crippen molar-refractivity contribution >= 4 is 27.8 Å². The van der Waals surface area contributed by atoms with E-state index >= 15 is 0 Å². The third-order valence-electron chi connectivity index (χ3n) is 3.59. The highest BCUT2D eigenvalue weighted by Crippen LogP contribution is 2.23. The van der Waals surface area contributed by atoms with Crippen LogP contribution in [0.2, 0.25) is 0 Å². The van der Waals surface area contributed by atoms with Crippen molar-refractivity contribution in [3.05, 3.63) is 28.7 Å². The van der Waals surface area contributed by atoms with Crippen molar-refractivity contribution in [2.75, 3.05) is 30.4 Å². The Kier molecular flexibility index (Phi) is 4.34. The Balaban J connectivity index is 1.98. The predicted molar refractivity (Wildman–Crippen MR) is 88.6 cm³/mol. The molecule has 0 aliphatic carbocycles. The van der Waals surface area contributed by atoms with Crippen LogP contribution in [0, 0.1) is 0 Å². The van der Waals surface area contributed by atoms with Crippen LogP contribution in [0.15, 0.2) is 28.7 Å². The number of nitrogens with zero attached hydrogens (tertiary/aromatic N) is 4. The fraction of sp³-hybridized carbons (Fsp3) is 0.400. The molecule has 0 bridgehead atoms. The quantitative estimate of drug-likeness (QED) is 0.922. The monoisotopic (exact) mass is 347 g/mol. The van der Waals surface area contributed by atoms with Crippen molar-refractivity contribution < 1.29 is 0 Å². The van der Waals surface area contributed by atoms with Crippen LogP contribution in [0.1, 0.15) is 19.3 Å². The predicted octanol–water partition coefficient (Wildman–Crippen LogP) is 3.33. The molecule has 5 nitrogen and oxygen atoms in total. The van der Waals surface area contributed by atoms with E-state index in [-0.39, 0.29) is 0 Å². The molecular formula is C15H18BrN5. The van der Waals surface area contributed by atoms with Crippen molar-refractivity contribution in [2.45, 2.75) is 19.3 Å². The molecule has 0 radical (unpaired) electrons. The van der Waals surface area contributed by atoms with Crippen molar-refractivity contribution in [2.24, 2.45) is 0 Å². The van der Waals surface area contributed by atoms with E-state index in [9.17, 15) is 0 Å². The van der Waals surface area contributed by atoms with Gasteiger partial charge in [-0.2, -0.15) is 15.0 Å². The molecule has 0 atom stereocenters. The number of nitrogens with one attached hydrogen (secondary N) is 1. The number of piperidine rings is 1. The van der Waals surface area contributed by atoms with E-state index < -0.39 is 0 Å². The first-order valence-electron chi connectivity index (χ1n) is 7.21. The fourth-order valence-corrected chi connectivity index (χ4v) is 2.70. The van der Waals surface area contributed by atoms with Crippen LogP contribution < -0.4 is 10.2 Å². The summed E-state index contributed by atoms with van der Waals surface area (Å²) in [6, 6.07) is 8.02. The summed E-state index contributed by atoms with van der Waals surface area (Å²) < 4.78 is 1.05. The maximum atomic E-state index is 4.65. The van der Waals surface area contributed by atoms with Crippen molar-refractivity contribution in [3.63, 3.8) is 0 Å². The molecule has 1 saturated heterocycles. The molecule has 1 aromatic heterocycles. The molecule has 0 spiro atoms. The van der Waals surface area contributed by atoms with Gasteiger partial charge < -0.3 is 10.2 Å². The van der Waals surface area contributed by atoms with Gasteiger partial charge in [0, 0.05) is 30.2 Å². The summed E-state index contributed by atoms with van der Waals surface area (Å²) >= 11 is 3.45. The zero-order valence-corrected chi connectivity index (χ0v) is 13.6. The number of hydrogen-bond donors (Lipinski definition) is 1. The highest BCUT2D eigenvalue weighted by molar-refractivity contribution is 9.10. The first-order chi connectivity index (χ1) is 10.3.